The molecule has 0 bridgehead atoms. The summed E-state index contributed by atoms with van der Waals surface area (Å²) in [5.74, 6) is 0.116. The Labute approximate surface area is 106 Å². The molecule has 2 atom stereocenters. The van der Waals surface area contributed by atoms with Crippen molar-refractivity contribution >= 4 is 11.7 Å². The zero-order chi connectivity index (χ0) is 13.3. The standard InChI is InChI=1S/C12H21N3O3/c1-8(16)9-3-6-15(7-9)11(17)12(4-2-5-12)10(13)14-18/h8-9,16,18H,2-7H2,1H3,(H2,13,14). The summed E-state index contributed by atoms with van der Waals surface area (Å²) in [6.07, 6.45) is 2.64. The van der Waals surface area contributed by atoms with Gasteiger partial charge in [0.05, 0.1) is 6.10 Å². The number of oxime groups is 1. The van der Waals surface area contributed by atoms with E-state index in [0.29, 0.717) is 25.9 Å². The summed E-state index contributed by atoms with van der Waals surface area (Å²) in [7, 11) is 0. The Hall–Kier alpha value is -1.30. The van der Waals surface area contributed by atoms with Crippen LogP contribution in [0.3, 0.4) is 0 Å². The molecule has 1 saturated heterocycles. The minimum Gasteiger partial charge on any atom is -0.409 e. The van der Waals surface area contributed by atoms with Crippen molar-refractivity contribution in [2.24, 2.45) is 22.2 Å². The van der Waals surface area contributed by atoms with E-state index >= 15 is 0 Å². The first-order chi connectivity index (χ1) is 8.51. The molecule has 0 radical (unpaired) electrons. The van der Waals surface area contributed by atoms with Gasteiger partial charge in [0.1, 0.15) is 5.41 Å². The lowest BCUT2D eigenvalue weighted by Crippen LogP contribution is -2.54. The fourth-order valence-corrected chi connectivity index (χ4v) is 2.87. The first-order valence-corrected chi connectivity index (χ1v) is 6.46. The van der Waals surface area contributed by atoms with Crippen molar-refractivity contribution in [2.75, 3.05) is 13.1 Å². The van der Waals surface area contributed by atoms with Gasteiger partial charge in [-0.05, 0) is 26.2 Å². The molecule has 6 heteroatoms. The van der Waals surface area contributed by atoms with Gasteiger partial charge in [-0.2, -0.15) is 0 Å². The van der Waals surface area contributed by atoms with Gasteiger partial charge in [-0.1, -0.05) is 11.6 Å². The third-order valence-corrected chi connectivity index (χ3v) is 4.41. The van der Waals surface area contributed by atoms with Crippen molar-refractivity contribution in [1.82, 2.24) is 4.90 Å². The Morgan fingerprint density at radius 2 is 2.22 bits per heavy atom. The number of hydrogen-bond donors (Lipinski definition) is 3. The monoisotopic (exact) mass is 255 g/mol. The summed E-state index contributed by atoms with van der Waals surface area (Å²) < 4.78 is 0. The number of carbonyl (C=O) groups is 1. The average Bonchev–Trinajstić information content (AvgIpc) is 2.76. The molecule has 4 N–H and O–H groups in total. The molecule has 6 nitrogen and oxygen atoms in total. The van der Waals surface area contributed by atoms with E-state index in [4.69, 9.17) is 10.9 Å². The number of rotatable bonds is 3. The summed E-state index contributed by atoms with van der Waals surface area (Å²) >= 11 is 0. The Balaban J connectivity index is 2.08. The summed E-state index contributed by atoms with van der Waals surface area (Å²) in [5, 5.41) is 21.4. The second kappa shape index (κ2) is 4.76. The second-order valence-electron chi connectivity index (χ2n) is 5.46. The van der Waals surface area contributed by atoms with Crippen LogP contribution in [-0.2, 0) is 4.79 Å². The lowest BCUT2D eigenvalue weighted by molar-refractivity contribution is -0.141. The van der Waals surface area contributed by atoms with Gasteiger partial charge in [-0.15, -0.1) is 0 Å². The van der Waals surface area contributed by atoms with Crippen molar-refractivity contribution in [2.45, 2.75) is 38.7 Å². The van der Waals surface area contributed by atoms with Gasteiger partial charge in [0.25, 0.3) is 0 Å². The topological polar surface area (TPSA) is 99.2 Å². The van der Waals surface area contributed by atoms with Crippen LogP contribution in [-0.4, -0.2) is 46.1 Å². The van der Waals surface area contributed by atoms with E-state index in [0.717, 1.165) is 12.8 Å². The summed E-state index contributed by atoms with van der Waals surface area (Å²) in [4.78, 5) is 14.2. The van der Waals surface area contributed by atoms with Crippen molar-refractivity contribution in [3.63, 3.8) is 0 Å². The number of amidine groups is 1. The highest BCUT2D eigenvalue weighted by Gasteiger charge is 2.51. The van der Waals surface area contributed by atoms with E-state index in [1.807, 2.05) is 0 Å². The fraction of sp³-hybridized carbons (Fsp3) is 0.833. The Morgan fingerprint density at radius 3 is 2.61 bits per heavy atom. The highest BCUT2D eigenvalue weighted by Crippen LogP contribution is 2.43. The third-order valence-electron chi connectivity index (χ3n) is 4.41. The first-order valence-electron chi connectivity index (χ1n) is 6.46. The number of hydrogen-bond acceptors (Lipinski definition) is 4. The molecule has 0 aromatic rings. The SMILES string of the molecule is CC(O)C1CCN(C(=O)C2(C(N)=NO)CCC2)C1. The molecule has 1 saturated carbocycles. The Bertz CT molecular complexity index is 364. The average molecular weight is 255 g/mol. The van der Waals surface area contributed by atoms with Crippen LogP contribution < -0.4 is 5.73 Å². The summed E-state index contributed by atoms with van der Waals surface area (Å²) in [5.41, 5.74) is 4.89. The molecule has 1 aliphatic heterocycles. The molecule has 0 spiro atoms. The van der Waals surface area contributed by atoms with E-state index in [-0.39, 0.29) is 17.7 Å². The molecule has 0 aromatic carbocycles. The predicted octanol–water partition coefficient (Wildman–Crippen LogP) is 0.132. The lowest BCUT2D eigenvalue weighted by Gasteiger charge is -2.41. The van der Waals surface area contributed by atoms with Crippen LogP contribution in [0.5, 0.6) is 0 Å². The molecule has 1 amide bonds. The maximum atomic E-state index is 12.5. The van der Waals surface area contributed by atoms with E-state index < -0.39 is 11.5 Å². The van der Waals surface area contributed by atoms with E-state index in [2.05, 4.69) is 5.16 Å². The highest BCUT2D eigenvalue weighted by molar-refractivity contribution is 6.07. The van der Waals surface area contributed by atoms with Crippen LogP contribution in [0.2, 0.25) is 0 Å². The van der Waals surface area contributed by atoms with Gasteiger partial charge < -0.3 is 20.9 Å². The molecular formula is C12H21N3O3. The maximum Gasteiger partial charge on any atom is 0.236 e. The Kier molecular flexibility index (Phi) is 3.47. The van der Waals surface area contributed by atoms with Crippen LogP contribution in [0.15, 0.2) is 5.16 Å². The predicted molar refractivity (Wildman–Crippen MR) is 66.1 cm³/mol. The fourth-order valence-electron chi connectivity index (χ4n) is 2.87. The van der Waals surface area contributed by atoms with Crippen molar-refractivity contribution in [3.05, 3.63) is 0 Å². The van der Waals surface area contributed by atoms with Crippen molar-refractivity contribution in [3.8, 4) is 0 Å². The molecule has 1 heterocycles. The number of aliphatic hydroxyl groups excluding tert-OH is 1. The zero-order valence-corrected chi connectivity index (χ0v) is 10.7. The highest BCUT2D eigenvalue weighted by atomic mass is 16.4. The zero-order valence-electron chi connectivity index (χ0n) is 10.7. The molecule has 0 aromatic heterocycles. The van der Waals surface area contributed by atoms with Crippen LogP contribution in [0.25, 0.3) is 0 Å². The molecule has 102 valence electrons. The van der Waals surface area contributed by atoms with Gasteiger partial charge in [0, 0.05) is 19.0 Å². The summed E-state index contributed by atoms with van der Waals surface area (Å²) in [6, 6.07) is 0. The molecule has 2 fully saturated rings. The number of amides is 1. The normalized spacial score (nSPS) is 28.9. The van der Waals surface area contributed by atoms with Crippen LogP contribution in [0.4, 0.5) is 0 Å². The first kappa shape index (κ1) is 13.1. The number of aliphatic hydroxyl groups is 1. The molecule has 18 heavy (non-hydrogen) atoms. The van der Waals surface area contributed by atoms with E-state index in [9.17, 15) is 9.90 Å². The molecule has 2 aliphatic rings. The smallest absolute Gasteiger partial charge is 0.236 e. The minimum absolute atomic E-state index is 0.0271. The quantitative estimate of drug-likeness (QED) is 0.289. The van der Waals surface area contributed by atoms with Gasteiger partial charge in [-0.25, -0.2) is 0 Å². The van der Waals surface area contributed by atoms with Crippen molar-refractivity contribution in [1.29, 1.82) is 0 Å². The third kappa shape index (κ3) is 1.94. The van der Waals surface area contributed by atoms with Gasteiger partial charge >= 0.3 is 0 Å². The van der Waals surface area contributed by atoms with Crippen LogP contribution in [0.1, 0.15) is 32.6 Å². The Morgan fingerprint density at radius 1 is 1.56 bits per heavy atom. The molecule has 2 unspecified atom stereocenters. The molecule has 1 aliphatic carbocycles. The number of likely N-dealkylation sites (tertiary alicyclic amines) is 1. The van der Waals surface area contributed by atoms with Gasteiger partial charge in [0.2, 0.25) is 5.91 Å². The van der Waals surface area contributed by atoms with Gasteiger partial charge in [0.15, 0.2) is 5.84 Å². The number of nitrogens with two attached hydrogens (primary N) is 1. The van der Waals surface area contributed by atoms with E-state index in [1.165, 1.54) is 0 Å². The summed E-state index contributed by atoms with van der Waals surface area (Å²) in [6.45, 7) is 2.97. The molecule has 2 rings (SSSR count). The van der Waals surface area contributed by atoms with Crippen LogP contribution >= 0.6 is 0 Å². The second-order valence-corrected chi connectivity index (χ2v) is 5.46. The maximum absolute atomic E-state index is 12.5. The van der Waals surface area contributed by atoms with Gasteiger partial charge in [-0.3, -0.25) is 4.79 Å². The lowest BCUT2D eigenvalue weighted by atomic mass is 9.67. The van der Waals surface area contributed by atoms with E-state index in [1.54, 1.807) is 11.8 Å². The molecular weight excluding hydrogens is 234 g/mol. The minimum atomic E-state index is -0.789. The number of carbonyl (C=O) groups excluding carboxylic acids is 1. The van der Waals surface area contributed by atoms with Crippen LogP contribution in [0, 0.1) is 11.3 Å². The van der Waals surface area contributed by atoms with Crippen molar-refractivity contribution < 1.29 is 15.1 Å². The largest absolute Gasteiger partial charge is 0.409 e. The number of nitrogens with zero attached hydrogens (tertiary/aromatic N) is 2.